The normalized spacial score (nSPS) is 16.5. The third-order valence-corrected chi connectivity index (χ3v) is 5.88. The molecule has 1 fully saturated rings. The number of aliphatic imine (C=N–C) groups is 1. The number of alkyl halides is 3. The van der Waals surface area contributed by atoms with Crippen LogP contribution < -0.4 is 9.47 Å². The monoisotopic (exact) mass is 475 g/mol. The maximum atomic E-state index is 13.4. The van der Waals surface area contributed by atoms with Crippen molar-refractivity contribution < 1.29 is 27.4 Å². The van der Waals surface area contributed by atoms with E-state index in [4.69, 9.17) is 9.47 Å². The van der Waals surface area contributed by atoms with Gasteiger partial charge in [-0.2, -0.15) is 13.2 Å². The van der Waals surface area contributed by atoms with Crippen molar-refractivity contribution in [1.82, 2.24) is 9.80 Å². The molecule has 0 N–H and O–H groups in total. The molecule has 0 atom stereocenters. The number of ether oxygens (including phenoxy) is 2. The van der Waals surface area contributed by atoms with Gasteiger partial charge in [0.05, 0.1) is 18.2 Å². The van der Waals surface area contributed by atoms with E-state index in [0.717, 1.165) is 12.1 Å². The lowest BCUT2D eigenvalue weighted by Crippen LogP contribution is -2.42. The van der Waals surface area contributed by atoms with Crippen LogP contribution in [0, 0.1) is 5.41 Å². The Bertz CT molecular complexity index is 1120. The van der Waals surface area contributed by atoms with Gasteiger partial charge in [0, 0.05) is 31.6 Å². The number of benzene rings is 2. The number of nitrogens with zero attached hydrogens (tertiary/aromatic N) is 3. The van der Waals surface area contributed by atoms with Crippen molar-refractivity contribution in [2.45, 2.75) is 33.4 Å². The molecule has 6 nitrogen and oxygen atoms in total. The van der Waals surface area contributed by atoms with E-state index in [2.05, 4.69) is 4.99 Å². The first-order valence-electron chi connectivity index (χ1n) is 11.2. The highest BCUT2D eigenvalue weighted by Gasteiger charge is 2.33. The number of halogens is 3. The molecule has 9 heteroatoms. The van der Waals surface area contributed by atoms with E-state index in [-0.39, 0.29) is 17.3 Å². The maximum Gasteiger partial charge on any atom is 0.416 e. The molecule has 4 rings (SSSR count). The van der Waals surface area contributed by atoms with Gasteiger partial charge in [-0.25, -0.2) is 4.99 Å². The zero-order chi connectivity index (χ0) is 24.7. The topological polar surface area (TPSA) is 54.4 Å². The third kappa shape index (κ3) is 4.83. The number of fused-ring (bicyclic) bond motifs is 2. The zero-order valence-electron chi connectivity index (χ0n) is 19.7. The Balaban J connectivity index is 1.76. The molecule has 34 heavy (non-hydrogen) atoms. The number of methoxy groups -OCH3 is 1. The largest absolute Gasteiger partial charge is 0.497 e. The van der Waals surface area contributed by atoms with Crippen molar-refractivity contribution in [3.8, 4) is 17.2 Å². The van der Waals surface area contributed by atoms with Crippen LogP contribution in [0.3, 0.4) is 0 Å². The fraction of sp³-hybridized carbons (Fsp3) is 0.440. The molecule has 0 aliphatic carbocycles. The summed E-state index contributed by atoms with van der Waals surface area (Å²) in [6.07, 6.45) is -3.79. The predicted molar refractivity (Wildman–Crippen MR) is 123 cm³/mol. The predicted octanol–water partition coefficient (Wildman–Crippen LogP) is 5.48. The Morgan fingerprint density at radius 3 is 2.41 bits per heavy atom. The summed E-state index contributed by atoms with van der Waals surface area (Å²) < 4.78 is 51.5. The lowest BCUT2D eigenvalue weighted by atomic mass is 9.94. The van der Waals surface area contributed by atoms with Crippen molar-refractivity contribution in [2.24, 2.45) is 10.4 Å². The standard InChI is InChI=1S/C25H28F3N3O3/c1-24(2,3)23(32)31-11-5-10-30(12-13-31)22-18-15-17(33-4)7-9-20(18)34-21-8-6-16(25(26,27)28)14-19(21)29-22/h6-9,14-15H,5,10-13H2,1-4H3. The molecule has 0 saturated carbocycles. The van der Waals surface area contributed by atoms with E-state index in [0.29, 0.717) is 55.5 Å². The minimum atomic E-state index is -4.50. The van der Waals surface area contributed by atoms with E-state index < -0.39 is 17.2 Å². The summed E-state index contributed by atoms with van der Waals surface area (Å²) in [6.45, 7) is 7.86. The molecule has 1 saturated heterocycles. The lowest BCUT2D eigenvalue weighted by Gasteiger charge is -2.29. The fourth-order valence-corrected chi connectivity index (χ4v) is 4.11. The van der Waals surface area contributed by atoms with Crippen molar-refractivity contribution in [3.63, 3.8) is 0 Å². The lowest BCUT2D eigenvalue weighted by molar-refractivity contribution is -0.139. The maximum absolute atomic E-state index is 13.4. The molecule has 0 radical (unpaired) electrons. The highest BCUT2D eigenvalue weighted by molar-refractivity contribution is 6.04. The number of amidine groups is 1. The average molecular weight is 476 g/mol. The number of rotatable bonds is 1. The van der Waals surface area contributed by atoms with Gasteiger partial charge < -0.3 is 19.3 Å². The quantitative estimate of drug-likeness (QED) is 0.548. The van der Waals surface area contributed by atoms with Crippen LogP contribution in [0.15, 0.2) is 41.4 Å². The zero-order valence-corrected chi connectivity index (χ0v) is 19.7. The molecule has 0 spiro atoms. The summed E-state index contributed by atoms with van der Waals surface area (Å²) in [5.41, 5.74) is -0.554. The summed E-state index contributed by atoms with van der Waals surface area (Å²) in [6, 6.07) is 8.52. The SMILES string of the molecule is COc1ccc2c(c1)C(N1CCCN(C(=O)C(C)(C)C)CC1)=Nc1cc(C(F)(F)F)ccc1O2. The molecule has 2 heterocycles. The van der Waals surface area contributed by atoms with Gasteiger partial charge in [0.1, 0.15) is 23.0 Å². The van der Waals surface area contributed by atoms with Crippen LogP contribution in [0.5, 0.6) is 17.2 Å². The second-order valence-electron chi connectivity index (χ2n) is 9.46. The highest BCUT2D eigenvalue weighted by Crippen LogP contribution is 2.42. The number of carbonyl (C=O) groups is 1. The highest BCUT2D eigenvalue weighted by atomic mass is 19.4. The van der Waals surface area contributed by atoms with Crippen molar-refractivity contribution in [2.75, 3.05) is 33.3 Å². The third-order valence-electron chi connectivity index (χ3n) is 5.88. The van der Waals surface area contributed by atoms with Gasteiger partial charge in [0.2, 0.25) is 5.91 Å². The van der Waals surface area contributed by atoms with E-state index in [1.807, 2.05) is 30.6 Å². The van der Waals surface area contributed by atoms with Gasteiger partial charge in [-0.1, -0.05) is 20.8 Å². The molecule has 182 valence electrons. The Kier molecular flexibility index (Phi) is 6.22. The number of amides is 1. The van der Waals surface area contributed by atoms with Crippen LogP contribution in [0.2, 0.25) is 0 Å². The van der Waals surface area contributed by atoms with Crippen molar-refractivity contribution in [1.29, 1.82) is 0 Å². The van der Waals surface area contributed by atoms with Gasteiger partial charge in [-0.05, 0) is 42.8 Å². The number of carbonyl (C=O) groups excluding carboxylic acids is 1. The van der Waals surface area contributed by atoms with Crippen molar-refractivity contribution in [3.05, 3.63) is 47.5 Å². The fourth-order valence-electron chi connectivity index (χ4n) is 4.11. The second-order valence-corrected chi connectivity index (χ2v) is 9.46. The van der Waals surface area contributed by atoms with Crippen LogP contribution in [-0.2, 0) is 11.0 Å². The van der Waals surface area contributed by atoms with Crippen molar-refractivity contribution >= 4 is 17.4 Å². The van der Waals surface area contributed by atoms with E-state index in [1.165, 1.54) is 6.07 Å². The molecule has 2 aromatic rings. The Morgan fingerprint density at radius 1 is 1.00 bits per heavy atom. The van der Waals surface area contributed by atoms with Gasteiger partial charge in [-0.3, -0.25) is 4.79 Å². The summed E-state index contributed by atoms with van der Waals surface area (Å²) in [4.78, 5) is 21.3. The molecule has 2 aliphatic rings. The molecule has 0 bridgehead atoms. The molecule has 0 aromatic heterocycles. The van der Waals surface area contributed by atoms with Crippen LogP contribution in [0.1, 0.15) is 38.3 Å². The number of hydrogen-bond acceptors (Lipinski definition) is 5. The molecule has 0 unspecified atom stereocenters. The minimum Gasteiger partial charge on any atom is -0.497 e. The number of hydrogen-bond donors (Lipinski definition) is 0. The van der Waals surface area contributed by atoms with Crippen LogP contribution in [0.25, 0.3) is 0 Å². The van der Waals surface area contributed by atoms with Crippen LogP contribution in [0.4, 0.5) is 18.9 Å². The Labute approximate surface area is 197 Å². The summed E-state index contributed by atoms with van der Waals surface area (Å²) in [5, 5.41) is 0. The first-order chi connectivity index (χ1) is 16.0. The van der Waals surface area contributed by atoms with E-state index in [1.54, 1.807) is 25.3 Å². The minimum absolute atomic E-state index is 0.0720. The van der Waals surface area contributed by atoms with E-state index >= 15 is 0 Å². The first-order valence-corrected chi connectivity index (χ1v) is 11.2. The van der Waals surface area contributed by atoms with Gasteiger partial charge in [-0.15, -0.1) is 0 Å². The molecule has 2 aromatic carbocycles. The first kappa shape index (κ1) is 23.9. The molecule has 1 amide bonds. The smallest absolute Gasteiger partial charge is 0.416 e. The van der Waals surface area contributed by atoms with Crippen LogP contribution in [-0.4, -0.2) is 54.8 Å². The van der Waals surface area contributed by atoms with Gasteiger partial charge >= 0.3 is 6.18 Å². The van der Waals surface area contributed by atoms with Gasteiger partial charge in [0.15, 0.2) is 5.75 Å². The summed E-state index contributed by atoms with van der Waals surface area (Å²) in [7, 11) is 1.54. The molecular weight excluding hydrogens is 447 g/mol. The molecule has 2 aliphatic heterocycles. The van der Waals surface area contributed by atoms with E-state index in [9.17, 15) is 18.0 Å². The summed E-state index contributed by atoms with van der Waals surface area (Å²) >= 11 is 0. The Hall–Kier alpha value is -3.23. The second kappa shape index (κ2) is 8.85. The average Bonchev–Trinajstić information content (AvgIpc) is 3.11. The summed E-state index contributed by atoms with van der Waals surface area (Å²) in [5.74, 6) is 1.87. The van der Waals surface area contributed by atoms with Crippen LogP contribution >= 0.6 is 0 Å². The Morgan fingerprint density at radius 2 is 1.74 bits per heavy atom. The van der Waals surface area contributed by atoms with Gasteiger partial charge in [0.25, 0.3) is 0 Å². The molecular formula is C25H28F3N3O3.